The predicted molar refractivity (Wildman–Crippen MR) is 73.4 cm³/mol. The topological polar surface area (TPSA) is 59.2 Å². The summed E-state index contributed by atoms with van der Waals surface area (Å²) in [5.74, 6) is -0.297. The van der Waals surface area contributed by atoms with Crippen molar-refractivity contribution < 1.29 is 13.9 Å². The molecule has 2 heterocycles. The molecule has 5 nitrogen and oxygen atoms in total. The Kier molecular flexibility index (Phi) is 3.35. The van der Waals surface area contributed by atoms with Gasteiger partial charge in [0.05, 0.1) is 16.6 Å². The van der Waals surface area contributed by atoms with Crippen LogP contribution in [0.2, 0.25) is 0 Å². The molecule has 1 aliphatic rings. The van der Waals surface area contributed by atoms with Crippen molar-refractivity contribution in [1.29, 1.82) is 0 Å². The lowest BCUT2D eigenvalue weighted by molar-refractivity contribution is -0.107. The van der Waals surface area contributed by atoms with Crippen LogP contribution in [-0.4, -0.2) is 41.4 Å². The molecule has 0 aliphatic carbocycles. The Bertz CT molecular complexity index is 611. The summed E-state index contributed by atoms with van der Waals surface area (Å²) in [6, 6.07) is 4.79. The molecule has 2 aromatic rings. The number of aromatic nitrogens is 2. The van der Waals surface area contributed by atoms with E-state index in [1.165, 1.54) is 12.1 Å². The number of benzene rings is 1. The number of hydrogen-bond donors (Lipinski definition) is 2. The van der Waals surface area contributed by atoms with Gasteiger partial charge in [0.15, 0.2) is 0 Å². The monoisotopic (exact) mass is 279 g/mol. The average molecular weight is 279 g/mol. The molecule has 1 saturated heterocycles. The maximum absolute atomic E-state index is 13.1. The van der Waals surface area contributed by atoms with E-state index in [-0.39, 0.29) is 17.5 Å². The highest BCUT2D eigenvalue weighted by Gasteiger charge is 2.28. The third-order valence-electron chi connectivity index (χ3n) is 3.24. The van der Waals surface area contributed by atoms with E-state index in [1.54, 1.807) is 6.07 Å². The number of hydrogen-bond acceptors (Lipinski definition) is 4. The summed E-state index contributed by atoms with van der Waals surface area (Å²) in [7, 11) is 0. The molecule has 1 atom stereocenters. The third-order valence-corrected chi connectivity index (χ3v) is 3.24. The summed E-state index contributed by atoms with van der Waals surface area (Å²) in [6.45, 7) is 6.05. The lowest BCUT2D eigenvalue weighted by Crippen LogP contribution is -2.52. The summed E-state index contributed by atoms with van der Waals surface area (Å²) < 4.78 is 24.6. The molecule has 0 bridgehead atoms. The first-order valence-corrected chi connectivity index (χ1v) is 6.68. The van der Waals surface area contributed by atoms with Crippen LogP contribution in [0.1, 0.15) is 13.8 Å². The fourth-order valence-electron chi connectivity index (χ4n) is 2.36. The first-order valence-electron chi connectivity index (χ1n) is 6.68. The van der Waals surface area contributed by atoms with E-state index < -0.39 is 0 Å². The fraction of sp³-hybridized carbons (Fsp3) is 0.500. The Labute approximate surface area is 116 Å². The lowest BCUT2D eigenvalue weighted by Gasteiger charge is -2.36. The molecule has 3 rings (SSSR count). The Morgan fingerprint density at radius 3 is 3.15 bits per heavy atom. The van der Waals surface area contributed by atoms with Crippen LogP contribution in [0.5, 0.6) is 6.01 Å². The number of rotatable bonds is 3. The van der Waals surface area contributed by atoms with E-state index in [0.29, 0.717) is 23.7 Å². The molecule has 0 saturated carbocycles. The number of morpholine rings is 1. The smallest absolute Gasteiger partial charge is 0.294 e. The Hall–Kier alpha value is -1.66. The summed E-state index contributed by atoms with van der Waals surface area (Å²) >= 11 is 0. The van der Waals surface area contributed by atoms with E-state index >= 15 is 0 Å². The van der Waals surface area contributed by atoms with Crippen molar-refractivity contribution in [3.8, 4) is 6.01 Å². The van der Waals surface area contributed by atoms with Crippen LogP contribution in [0.4, 0.5) is 4.39 Å². The van der Waals surface area contributed by atoms with Crippen LogP contribution < -0.4 is 10.1 Å². The van der Waals surface area contributed by atoms with Crippen molar-refractivity contribution in [3.63, 3.8) is 0 Å². The molecule has 2 N–H and O–H groups in total. The molecule has 20 heavy (non-hydrogen) atoms. The molecule has 1 aromatic heterocycles. The molecule has 108 valence electrons. The highest BCUT2D eigenvalue weighted by atomic mass is 19.1. The van der Waals surface area contributed by atoms with E-state index in [0.717, 1.165) is 13.1 Å². The normalized spacial score (nSPS) is 22.1. The summed E-state index contributed by atoms with van der Waals surface area (Å²) in [6.07, 6.45) is -0.0244. The van der Waals surface area contributed by atoms with Gasteiger partial charge in [-0.1, -0.05) is 0 Å². The highest BCUT2D eigenvalue weighted by molar-refractivity contribution is 5.75. The Morgan fingerprint density at radius 2 is 2.35 bits per heavy atom. The van der Waals surface area contributed by atoms with Gasteiger partial charge >= 0.3 is 0 Å². The maximum atomic E-state index is 13.1. The van der Waals surface area contributed by atoms with Crippen LogP contribution >= 0.6 is 0 Å². The first kappa shape index (κ1) is 13.3. The van der Waals surface area contributed by atoms with Gasteiger partial charge in [0.1, 0.15) is 18.5 Å². The number of aromatic amines is 1. The molecular weight excluding hydrogens is 261 g/mol. The lowest BCUT2D eigenvalue weighted by atomic mass is 10.1. The minimum absolute atomic E-state index is 0.0244. The van der Waals surface area contributed by atoms with Crippen molar-refractivity contribution in [2.45, 2.75) is 25.6 Å². The van der Waals surface area contributed by atoms with Crippen molar-refractivity contribution in [2.24, 2.45) is 0 Å². The van der Waals surface area contributed by atoms with Crippen LogP contribution in [-0.2, 0) is 4.74 Å². The van der Waals surface area contributed by atoms with Gasteiger partial charge in [0.25, 0.3) is 6.01 Å². The van der Waals surface area contributed by atoms with Gasteiger partial charge in [-0.15, -0.1) is 0 Å². The van der Waals surface area contributed by atoms with Crippen LogP contribution in [0.15, 0.2) is 18.2 Å². The van der Waals surface area contributed by atoms with Crippen molar-refractivity contribution in [1.82, 2.24) is 15.3 Å². The zero-order valence-corrected chi connectivity index (χ0v) is 11.6. The van der Waals surface area contributed by atoms with Crippen molar-refractivity contribution in [3.05, 3.63) is 24.0 Å². The largest absolute Gasteiger partial charge is 0.462 e. The molecule has 1 unspecified atom stereocenters. The first-order chi connectivity index (χ1) is 9.52. The molecule has 1 aliphatic heterocycles. The third kappa shape index (κ3) is 2.91. The van der Waals surface area contributed by atoms with Crippen molar-refractivity contribution in [2.75, 3.05) is 19.7 Å². The average Bonchev–Trinajstić information content (AvgIpc) is 2.77. The zero-order chi connectivity index (χ0) is 14.2. The highest BCUT2D eigenvalue weighted by Crippen LogP contribution is 2.19. The second-order valence-corrected chi connectivity index (χ2v) is 5.64. The van der Waals surface area contributed by atoms with Gasteiger partial charge in [0, 0.05) is 13.1 Å². The van der Waals surface area contributed by atoms with Gasteiger partial charge in [-0.3, -0.25) is 0 Å². The van der Waals surface area contributed by atoms with Gasteiger partial charge in [-0.2, -0.15) is 4.98 Å². The molecule has 1 aromatic carbocycles. The Balaban J connectivity index is 1.65. The van der Waals surface area contributed by atoms with E-state index in [1.807, 2.05) is 13.8 Å². The van der Waals surface area contributed by atoms with Crippen LogP contribution in [0, 0.1) is 5.82 Å². The number of nitrogens with zero attached hydrogens (tertiary/aromatic N) is 1. The van der Waals surface area contributed by atoms with Gasteiger partial charge in [-0.25, -0.2) is 4.39 Å². The zero-order valence-electron chi connectivity index (χ0n) is 11.6. The molecule has 0 spiro atoms. The van der Waals surface area contributed by atoms with Crippen LogP contribution in [0.3, 0.4) is 0 Å². The second kappa shape index (κ2) is 5.03. The van der Waals surface area contributed by atoms with E-state index in [9.17, 15) is 4.39 Å². The minimum Gasteiger partial charge on any atom is -0.462 e. The SMILES string of the molecule is CC1(C)CNCC(COc2nc3ccc(F)cc3[nH]2)O1. The Morgan fingerprint density at radius 1 is 1.50 bits per heavy atom. The molecule has 0 radical (unpaired) electrons. The maximum Gasteiger partial charge on any atom is 0.294 e. The van der Waals surface area contributed by atoms with E-state index in [2.05, 4.69) is 15.3 Å². The quantitative estimate of drug-likeness (QED) is 0.900. The van der Waals surface area contributed by atoms with Gasteiger partial charge < -0.3 is 19.8 Å². The minimum atomic E-state index is -0.297. The number of imidazole rings is 1. The fourth-order valence-corrected chi connectivity index (χ4v) is 2.36. The summed E-state index contributed by atoms with van der Waals surface area (Å²) in [4.78, 5) is 7.20. The molecule has 6 heteroatoms. The van der Waals surface area contributed by atoms with E-state index in [4.69, 9.17) is 9.47 Å². The van der Waals surface area contributed by atoms with Crippen molar-refractivity contribution >= 4 is 11.0 Å². The predicted octanol–water partition coefficient (Wildman–Crippen LogP) is 1.85. The van der Waals surface area contributed by atoms with Gasteiger partial charge in [0.2, 0.25) is 0 Å². The number of nitrogens with one attached hydrogen (secondary N) is 2. The number of fused-ring (bicyclic) bond motifs is 1. The molecule has 1 fully saturated rings. The van der Waals surface area contributed by atoms with Crippen LogP contribution in [0.25, 0.3) is 11.0 Å². The standard InChI is InChI=1S/C14H18FN3O2/c1-14(2)8-16-6-10(20-14)7-19-13-17-11-4-3-9(15)5-12(11)18-13/h3-5,10,16H,6-8H2,1-2H3,(H,17,18). The summed E-state index contributed by atoms with van der Waals surface area (Å²) in [5, 5.41) is 3.31. The summed E-state index contributed by atoms with van der Waals surface area (Å²) in [5.41, 5.74) is 1.12. The number of H-pyrrole nitrogens is 1. The van der Waals surface area contributed by atoms with Gasteiger partial charge in [-0.05, 0) is 32.0 Å². The molecule has 0 amide bonds. The molecular formula is C14H18FN3O2. The number of halogens is 1. The second-order valence-electron chi connectivity index (χ2n) is 5.64. The number of ether oxygens (including phenoxy) is 2.